The van der Waals surface area contributed by atoms with Crippen LogP contribution in [0.4, 0.5) is 0 Å². The van der Waals surface area contributed by atoms with Gasteiger partial charge in [0.15, 0.2) is 0 Å². The second kappa shape index (κ2) is 10.5. The third-order valence-corrected chi connectivity index (χ3v) is 7.05. The largest absolute Gasteiger partial charge is 0.390 e. The maximum Gasteiger partial charge on any atom is 0.223 e. The quantitative estimate of drug-likeness (QED) is 0.240. The van der Waals surface area contributed by atoms with Crippen molar-refractivity contribution in [1.82, 2.24) is 5.32 Å². The summed E-state index contributed by atoms with van der Waals surface area (Å²) in [7, 11) is 0. The van der Waals surface area contributed by atoms with Crippen molar-refractivity contribution in [1.29, 1.82) is 0 Å². The zero-order valence-electron chi connectivity index (χ0n) is 22.0. The molecule has 7 unspecified atom stereocenters. The van der Waals surface area contributed by atoms with Gasteiger partial charge in [0.1, 0.15) is 18.3 Å². The number of carbonyl (C=O) groups excluding carboxylic acids is 1. The van der Waals surface area contributed by atoms with Gasteiger partial charge in [-0.1, -0.05) is 41.5 Å². The molecule has 200 valence electrons. The zero-order valence-corrected chi connectivity index (χ0v) is 22.9. The molecular formula is C25H47NO7S. The topological polar surface area (TPSA) is 128 Å². The molecule has 0 radical (unpaired) electrons. The number of nitrogens with one attached hydrogen (secondary N) is 1. The van der Waals surface area contributed by atoms with Gasteiger partial charge >= 0.3 is 0 Å². The van der Waals surface area contributed by atoms with Gasteiger partial charge in [0.2, 0.25) is 5.91 Å². The lowest BCUT2D eigenvalue weighted by Gasteiger charge is -2.47. The van der Waals surface area contributed by atoms with E-state index in [2.05, 4.69) is 17.9 Å². The summed E-state index contributed by atoms with van der Waals surface area (Å²) in [5.74, 6) is -0.263. The Kier molecular flexibility index (Phi) is 9.22. The first-order valence-corrected chi connectivity index (χ1v) is 12.7. The molecule has 0 spiro atoms. The fourth-order valence-electron chi connectivity index (χ4n) is 5.64. The molecule has 1 heterocycles. The van der Waals surface area contributed by atoms with E-state index in [-0.39, 0.29) is 29.1 Å². The van der Waals surface area contributed by atoms with Crippen LogP contribution in [0.25, 0.3) is 0 Å². The van der Waals surface area contributed by atoms with E-state index in [0.29, 0.717) is 19.3 Å². The molecule has 1 saturated carbocycles. The Bertz CT molecular complexity index is 706. The zero-order chi connectivity index (χ0) is 26.3. The second-order valence-electron chi connectivity index (χ2n) is 13.1. The van der Waals surface area contributed by atoms with Crippen molar-refractivity contribution in [3.63, 3.8) is 0 Å². The monoisotopic (exact) mass is 505 g/mol. The number of aliphatic hydroxyl groups excluding tert-OH is 4. The van der Waals surface area contributed by atoms with E-state index in [9.17, 15) is 25.2 Å². The minimum Gasteiger partial charge on any atom is -0.390 e. The number of thiol groups is 1. The third-order valence-electron chi connectivity index (χ3n) is 6.89. The molecule has 9 heteroatoms. The SMILES string of the molecule is CC(C)(S)CC(C)(C)C1OC(C)(C)CC(=O)NC(COC2CC(C)(C)CC(O)C(O)C2O)C1O. The van der Waals surface area contributed by atoms with Gasteiger partial charge in [0, 0.05) is 4.75 Å². The summed E-state index contributed by atoms with van der Waals surface area (Å²) < 4.78 is 12.1. The van der Waals surface area contributed by atoms with Crippen LogP contribution in [0.5, 0.6) is 0 Å². The van der Waals surface area contributed by atoms with E-state index in [4.69, 9.17) is 9.47 Å². The summed E-state index contributed by atoms with van der Waals surface area (Å²) in [5, 5.41) is 45.5. The van der Waals surface area contributed by atoms with Crippen molar-refractivity contribution in [2.24, 2.45) is 10.8 Å². The normalized spacial score (nSPS) is 37.3. The molecule has 1 aliphatic heterocycles. The van der Waals surface area contributed by atoms with Crippen LogP contribution in [0.3, 0.4) is 0 Å². The average molecular weight is 506 g/mol. The molecule has 0 bridgehead atoms. The average Bonchev–Trinajstić information content (AvgIpc) is 2.69. The third kappa shape index (κ3) is 8.05. The van der Waals surface area contributed by atoms with Crippen LogP contribution >= 0.6 is 12.6 Å². The maximum atomic E-state index is 12.7. The Balaban J connectivity index is 2.27. The summed E-state index contributed by atoms with van der Waals surface area (Å²) in [6, 6.07) is -0.781. The van der Waals surface area contributed by atoms with Gasteiger partial charge in [0.25, 0.3) is 0 Å². The minimum atomic E-state index is -1.34. The van der Waals surface area contributed by atoms with Crippen molar-refractivity contribution in [3.8, 4) is 0 Å². The van der Waals surface area contributed by atoms with E-state index in [1.54, 1.807) is 0 Å². The summed E-state index contributed by atoms with van der Waals surface area (Å²) in [6.07, 6.45) is -4.64. The van der Waals surface area contributed by atoms with Crippen LogP contribution in [0.1, 0.15) is 81.1 Å². The van der Waals surface area contributed by atoms with E-state index in [0.717, 1.165) is 0 Å². The van der Waals surface area contributed by atoms with Crippen molar-refractivity contribution >= 4 is 18.5 Å². The first-order chi connectivity index (χ1) is 15.2. The van der Waals surface area contributed by atoms with Gasteiger partial charge < -0.3 is 35.2 Å². The summed E-state index contributed by atoms with van der Waals surface area (Å²) >= 11 is 4.68. The highest BCUT2D eigenvalue weighted by Crippen LogP contribution is 2.41. The van der Waals surface area contributed by atoms with Crippen LogP contribution < -0.4 is 5.32 Å². The van der Waals surface area contributed by atoms with Gasteiger partial charge in [-0.2, -0.15) is 12.6 Å². The standard InChI is InChI=1S/C25H47NO7S/c1-22(2)9-15(27)19(30)20(31)16(10-22)32-12-14-18(29)21(23(3,4)13-25(7,8)34)33-24(5,6)11-17(28)26-14/h14-16,18-21,27,29-31,34H,9-13H2,1-8H3,(H,26,28). The molecule has 0 aromatic heterocycles. The van der Waals surface area contributed by atoms with E-state index < -0.39 is 53.7 Å². The van der Waals surface area contributed by atoms with Gasteiger partial charge in [-0.05, 0) is 43.9 Å². The second-order valence-corrected chi connectivity index (χ2v) is 14.3. The van der Waals surface area contributed by atoms with Crippen molar-refractivity contribution in [2.75, 3.05) is 6.61 Å². The predicted molar refractivity (Wildman–Crippen MR) is 134 cm³/mol. The number of rotatable bonds is 6. The number of carbonyl (C=O) groups is 1. The Hall–Kier alpha value is -0.420. The maximum absolute atomic E-state index is 12.7. The van der Waals surface area contributed by atoms with Crippen LogP contribution in [-0.4, -0.2) is 86.0 Å². The molecular weight excluding hydrogens is 458 g/mol. The smallest absolute Gasteiger partial charge is 0.223 e. The molecule has 1 amide bonds. The number of aliphatic hydroxyl groups is 4. The molecule has 5 N–H and O–H groups in total. The van der Waals surface area contributed by atoms with Crippen LogP contribution in [0, 0.1) is 10.8 Å². The lowest BCUT2D eigenvalue weighted by molar-refractivity contribution is -0.192. The van der Waals surface area contributed by atoms with E-state index >= 15 is 0 Å². The molecule has 1 aliphatic carbocycles. The molecule has 0 aromatic rings. The van der Waals surface area contributed by atoms with Gasteiger partial charge in [-0.3, -0.25) is 4.79 Å². The Morgan fingerprint density at radius 2 is 1.62 bits per heavy atom. The molecule has 2 rings (SSSR count). The lowest BCUT2D eigenvalue weighted by atomic mass is 9.74. The Morgan fingerprint density at radius 1 is 1.03 bits per heavy atom. The van der Waals surface area contributed by atoms with Crippen LogP contribution in [0.15, 0.2) is 0 Å². The highest BCUT2D eigenvalue weighted by Gasteiger charge is 2.48. The lowest BCUT2D eigenvalue weighted by Crippen LogP contribution is -2.61. The van der Waals surface area contributed by atoms with Crippen LogP contribution in [-0.2, 0) is 14.3 Å². The highest BCUT2D eigenvalue weighted by atomic mass is 32.1. The van der Waals surface area contributed by atoms with E-state index in [1.807, 2.05) is 55.4 Å². The summed E-state index contributed by atoms with van der Waals surface area (Å²) in [6.45, 7) is 15.5. The summed E-state index contributed by atoms with van der Waals surface area (Å²) in [5.41, 5.74) is -1.63. The van der Waals surface area contributed by atoms with Crippen molar-refractivity contribution < 1.29 is 34.7 Å². The number of hydrogen-bond acceptors (Lipinski definition) is 8. The molecule has 7 atom stereocenters. The first-order valence-electron chi connectivity index (χ1n) is 12.3. The molecule has 1 saturated heterocycles. The van der Waals surface area contributed by atoms with E-state index in [1.165, 1.54) is 0 Å². The Labute approximate surface area is 210 Å². The molecule has 34 heavy (non-hydrogen) atoms. The summed E-state index contributed by atoms with van der Waals surface area (Å²) in [4.78, 5) is 12.7. The molecule has 0 aromatic carbocycles. The number of hydrogen-bond donors (Lipinski definition) is 6. The van der Waals surface area contributed by atoms with Crippen molar-refractivity contribution in [2.45, 2.75) is 134 Å². The molecule has 2 fully saturated rings. The molecule has 8 nitrogen and oxygen atoms in total. The fourth-order valence-corrected chi connectivity index (χ4v) is 6.05. The molecule has 2 aliphatic rings. The minimum absolute atomic E-state index is 0.0752. The van der Waals surface area contributed by atoms with Gasteiger partial charge in [-0.15, -0.1) is 0 Å². The van der Waals surface area contributed by atoms with Gasteiger partial charge in [0.05, 0.1) is 43.0 Å². The predicted octanol–water partition coefficient (Wildman–Crippen LogP) is 1.81. The number of amides is 1. The fraction of sp³-hybridized carbons (Fsp3) is 0.960. The van der Waals surface area contributed by atoms with Gasteiger partial charge in [-0.25, -0.2) is 0 Å². The number of ether oxygens (including phenoxy) is 2. The van der Waals surface area contributed by atoms with Crippen LogP contribution in [0.2, 0.25) is 0 Å². The highest BCUT2D eigenvalue weighted by molar-refractivity contribution is 7.81. The van der Waals surface area contributed by atoms with Crippen molar-refractivity contribution in [3.05, 3.63) is 0 Å². The first kappa shape index (κ1) is 29.8. The Morgan fingerprint density at radius 3 is 2.18 bits per heavy atom.